The molecule has 0 fully saturated rings. The highest BCUT2D eigenvalue weighted by Crippen LogP contribution is 2.16. The summed E-state index contributed by atoms with van der Waals surface area (Å²) in [4.78, 5) is 10.7. The Morgan fingerprint density at radius 3 is 2.56 bits per heavy atom. The predicted octanol–water partition coefficient (Wildman–Crippen LogP) is 0.329. The number of hydrogen-bond donors (Lipinski definition) is 4. The minimum Gasteiger partial charge on any atom is -0.409 e. The van der Waals surface area contributed by atoms with Gasteiger partial charge in [0.25, 0.3) is 0 Å². The molecule has 1 rings (SSSR count). The Morgan fingerprint density at radius 2 is 2.00 bits per heavy atom. The Bertz CT molecular complexity index is 406. The summed E-state index contributed by atoms with van der Waals surface area (Å²) in [6.45, 7) is 0.452. The molecule has 1 atom stereocenters. The van der Waals surface area contributed by atoms with E-state index in [-0.39, 0.29) is 24.2 Å². The quantitative estimate of drug-likeness (QED) is 0.241. The first-order chi connectivity index (χ1) is 8.63. The molecule has 18 heavy (non-hydrogen) atoms. The van der Waals surface area contributed by atoms with Gasteiger partial charge in [0, 0.05) is 25.4 Å². The van der Waals surface area contributed by atoms with E-state index < -0.39 is 0 Å². The van der Waals surface area contributed by atoms with Crippen molar-refractivity contribution >= 4 is 11.7 Å². The van der Waals surface area contributed by atoms with Gasteiger partial charge in [0.05, 0.1) is 0 Å². The lowest BCUT2D eigenvalue weighted by atomic mass is 10.0. The van der Waals surface area contributed by atoms with E-state index in [0.717, 1.165) is 5.56 Å². The fourth-order valence-electron chi connectivity index (χ4n) is 1.61. The zero-order valence-electron chi connectivity index (χ0n) is 10.0. The molecule has 0 spiro atoms. The van der Waals surface area contributed by atoms with Gasteiger partial charge in [-0.25, -0.2) is 0 Å². The van der Waals surface area contributed by atoms with Crippen molar-refractivity contribution in [3.05, 3.63) is 35.9 Å². The van der Waals surface area contributed by atoms with E-state index in [4.69, 9.17) is 16.7 Å². The molecule has 6 N–H and O–H groups in total. The minimum absolute atomic E-state index is 0.110. The van der Waals surface area contributed by atoms with Crippen LogP contribution >= 0.6 is 0 Å². The topological polar surface area (TPSA) is 114 Å². The first-order valence-electron chi connectivity index (χ1n) is 5.66. The number of carbonyl (C=O) groups is 1. The maximum absolute atomic E-state index is 10.7. The van der Waals surface area contributed by atoms with Gasteiger partial charge in [0.2, 0.25) is 5.91 Å². The largest absolute Gasteiger partial charge is 0.409 e. The van der Waals surface area contributed by atoms with E-state index in [0.29, 0.717) is 13.0 Å². The van der Waals surface area contributed by atoms with E-state index >= 15 is 0 Å². The molecule has 1 aromatic rings. The molecule has 0 radical (unpaired) electrons. The van der Waals surface area contributed by atoms with Gasteiger partial charge in [-0.15, -0.1) is 0 Å². The van der Waals surface area contributed by atoms with E-state index in [1.165, 1.54) is 0 Å². The zero-order chi connectivity index (χ0) is 13.4. The first-order valence-corrected chi connectivity index (χ1v) is 5.66. The molecule has 0 saturated carbocycles. The number of nitrogens with one attached hydrogen (secondary N) is 1. The molecule has 6 heteroatoms. The number of amidine groups is 1. The van der Waals surface area contributed by atoms with Gasteiger partial charge in [0.1, 0.15) is 5.84 Å². The van der Waals surface area contributed by atoms with Gasteiger partial charge in [0.15, 0.2) is 0 Å². The number of carbonyl (C=O) groups excluding carboxylic acids is 1. The lowest BCUT2D eigenvalue weighted by molar-refractivity contribution is -0.117. The molecule has 0 aliphatic carbocycles. The van der Waals surface area contributed by atoms with E-state index in [9.17, 15) is 4.79 Å². The van der Waals surface area contributed by atoms with Gasteiger partial charge in [-0.05, 0) is 5.56 Å². The predicted molar refractivity (Wildman–Crippen MR) is 69.0 cm³/mol. The van der Waals surface area contributed by atoms with E-state index in [1.54, 1.807) is 0 Å². The standard InChI is InChI=1S/C12H18N4O2/c13-11(16-18)8-10(15-7-6-12(14)17)9-4-2-1-3-5-9/h1-5,10,15,18H,6-8H2,(H2,13,16)(H2,14,17). The summed E-state index contributed by atoms with van der Waals surface area (Å²) >= 11 is 0. The van der Waals surface area contributed by atoms with Crippen LogP contribution in [0.2, 0.25) is 0 Å². The number of hydrogen-bond acceptors (Lipinski definition) is 4. The molecule has 0 aromatic heterocycles. The van der Waals surface area contributed by atoms with Crippen LogP contribution in [0.3, 0.4) is 0 Å². The number of nitrogens with two attached hydrogens (primary N) is 2. The summed E-state index contributed by atoms with van der Waals surface area (Å²) in [5.41, 5.74) is 11.6. The van der Waals surface area contributed by atoms with Gasteiger partial charge < -0.3 is 22.0 Å². The lowest BCUT2D eigenvalue weighted by Crippen LogP contribution is -2.29. The molecule has 1 aromatic carbocycles. The Hall–Kier alpha value is -2.08. The van der Waals surface area contributed by atoms with Crippen LogP contribution in [0.5, 0.6) is 0 Å². The number of primary amides is 1. The molecule has 98 valence electrons. The van der Waals surface area contributed by atoms with Crippen molar-refractivity contribution < 1.29 is 10.0 Å². The van der Waals surface area contributed by atoms with Crippen LogP contribution in [0.4, 0.5) is 0 Å². The number of benzene rings is 1. The van der Waals surface area contributed by atoms with Gasteiger partial charge in [-0.1, -0.05) is 35.5 Å². The Labute approximate surface area is 106 Å². The second-order valence-electron chi connectivity index (χ2n) is 3.93. The summed E-state index contributed by atoms with van der Waals surface area (Å²) in [5, 5.41) is 14.7. The highest BCUT2D eigenvalue weighted by Gasteiger charge is 2.13. The van der Waals surface area contributed by atoms with E-state index in [1.807, 2.05) is 30.3 Å². The fourth-order valence-corrected chi connectivity index (χ4v) is 1.61. The summed E-state index contributed by atoms with van der Waals surface area (Å²) in [7, 11) is 0. The van der Waals surface area contributed by atoms with Crippen molar-refractivity contribution in [2.75, 3.05) is 6.54 Å². The normalized spacial score (nSPS) is 13.2. The zero-order valence-corrected chi connectivity index (χ0v) is 10.0. The molecule has 0 aliphatic rings. The van der Waals surface area contributed by atoms with Gasteiger partial charge in [-0.2, -0.15) is 0 Å². The monoisotopic (exact) mass is 250 g/mol. The Balaban J connectivity index is 2.66. The van der Waals surface area contributed by atoms with Crippen molar-refractivity contribution in [3.8, 4) is 0 Å². The molecule has 1 unspecified atom stereocenters. The smallest absolute Gasteiger partial charge is 0.218 e. The number of nitrogens with zero attached hydrogens (tertiary/aromatic N) is 1. The summed E-state index contributed by atoms with van der Waals surface area (Å²) < 4.78 is 0. The third-order valence-electron chi connectivity index (χ3n) is 2.51. The average molecular weight is 250 g/mol. The lowest BCUT2D eigenvalue weighted by Gasteiger charge is -2.18. The number of amides is 1. The highest BCUT2D eigenvalue weighted by atomic mass is 16.4. The van der Waals surface area contributed by atoms with Crippen LogP contribution in [0.1, 0.15) is 24.4 Å². The summed E-state index contributed by atoms with van der Waals surface area (Å²) in [5.74, 6) is -0.228. The molecule has 0 saturated heterocycles. The molecule has 0 aliphatic heterocycles. The minimum atomic E-state index is -0.363. The van der Waals surface area contributed by atoms with Crippen LogP contribution in [0, 0.1) is 0 Å². The van der Waals surface area contributed by atoms with E-state index in [2.05, 4.69) is 10.5 Å². The van der Waals surface area contributed by atoms with Crippen molar-refractivity contribution in [1.82, 2.24) is 5.32 Å². The molecular formula is C12H18N4O2. The van der Waals surface area contributed by atoms with Gasteiger partial charge >= 0.3 is 0 Å². The fraction of sp³-hybridized carbons (Fsp3) is 0.333. The highest BCUT2D eigenvalue weighted by molar-refractivity contribution is 5.80. The van der Waals surface area contributed by atoms with Crippen LogP contribution in [0.15, 0.2) is 35.5 Å². The molecule has 6 nitrogen and oxygen atoms in total. The SMILES string of the molecule is NC(=O)CCNC(CC(N)=NO)c1ccccc1. The third kappa shape index (κ3) is 4.84. The third-order valence-corrected chi connectivity index (χ3v) is 2.51. The molecular weight excluding hydrogens is 232 g/mol. The van der Waals surface area contributed by atoms with Crippen molar-refractivity contribution in [2.45, 2.75) is 18.9 Å². The second-order valence-corrected chi connectivity index (χ2v) is 3.93. The maximum Gasteiger partial charge on any atom is 0.218 e. The molecule has 0 bridgehead atoms. The second kappa shape index (κ2) is 7.29. The van der Waals surface area contributed by atoms with Crippen LogP contribution in [-0.2, 0) is 4.79 Å². The molecule has 0 heterocycles. The van der Waals surface area contributed by atoms with Crippen molar-refractivity contribution in [3.63, 3.8) is 0 Å². The Kier molecular flexibility index (Phi) is 5.66. The van der Waals surface area contributed by atoms with Crippen molar-refractivity contribution in [1.29, 1.82) is 0 Å². The summed E-state index contributed by atoms with van der Waals surface area (Å²) in [6.07, 6.45) is 0.610. The van der Waals surface area contributed by atoms with Crippen LogP contribution < -0.4 is 16.8 Å². The first kappa shape index (κ1) is 14.0. The Morgan fingerprint density at radius 1 is 1.33 bits per heavy atom. The van der Waals surface area contributed by atoms with Crippen LogP contribution in [0.25, 0.3) is 0 Å². The van der Waals surface area contributed by atoms with Gasteiger partial charge in [-0.3, -0.25) is 4.79 Å². The average Bonchev–Trinajstić information content (AvgIpc) is 2.38. The molecule has 1 amide bonds. The number of oxime groups is 1. The summed E-state index contributed by atoms with van der Waals surface area (Å²) in [6, 6.07) is 9.49. The number of rotatable bonds is 7. The maximum atomic E-state index is 10.7. The van der Waals surface area contributed by atoms with Crippen LogP contribution in [-0.4, -0.2) is 23.5 Å². The van der Waals surface area contributed by atoms with Crippen molar-refractivity contribution in [2.24, 2.45) is 16.6 Å².